The third kappa shape index (κ3) is 4.13. The fraction of sp³-hybridized carbons (Fsp3) is 0.636. The summed E-state index contributed by atoms with van der Waals surface area (Å²) in [6.07, 6.45) is 1.12. The summed E-state index contributed by atoms with van der Waals surface area (Å²) < 4.78 is 1.18. The Balaban J connectivity index is 2.46. The number of rotatable bonds is 5. The summed E-state index contributed by atoms with van der Waals surface area (Å²) in [7, 11) is 2.13. The number of anilines is 1. The van der Waals surface area contributed by atoms with Crippen LogP contribution in [-0.2, 0) is 0 Å². The first-order chi connectivity index (χ1) is 6.94. The van der Waals surface area contributed by atoms with Gasteiger partial charge in [0, 0.05) is 13.6 Å². The molecule has 1 aromatic rings. The van der Waals surface area contributed by atoms with Gasteiger partial charge >= 0.3 is 0 Å². The lowest BCUT2D eigenvalue weighted by Gasteiger charge is -2.26. The van der Waals surface area contributed by atoms with E-state index in [1.54, 1.807) is 11.3 Å². The van der Waals surface area contributed by atoms with Gasteiger partial charge in [0.15, 0.2) is 0 Å². The Morgan fingerprint density at radius 2 is 2.13 bits per heavy atom. The van der Waals surface area contributed by atoms with Crippen molar-refractivity contribution in [3.63, 3.8) is 0 Å². The minimum absolute atomic E-state index is 0.239. The molecule has 0 amide bonds. The minimum atomic E-state index is 0.239. The zero-order valence-corrected chi connectivity index (χ0v) is 12.0. The van der Waals surface area contributed by atoms with E-state index in [-0.39, 0.29) is 5.41 Å². The molecule has 0 saturated carbocycles. The van der Waals surface area contributed by atoms with E-state index in [0.717, 1.165) is 19.5 Å². The average molecular weight is 291 g/mol. The molecule has 0 bridgehead atoms. The first kappa shape index (κ1) is 13.0. The number of hydrogen-bond acceptors (Lipinski definition) is 3. The van der Waals surface area contributed by atoms with Crippen molar-refractivity contribution < 1.29 is 0 Å². The molecule has 0 saturated heterocycles. The van der Waals surface area contributed by atoms with Gasteiger partial charge in [-0.1, -0.05) is 13.8 Å². The molecule has 0 fully saturated rings. The molecule has 1 aromatic heterocycles. The van der Waals surface area contributed by atoms with E-state index in [1.165, 1.54) is 8.79 Å². The molecule has 0 unspecified atom stereocenters. The van der Waals surface area contributed by atoms with Crippen molar-refractivity contribution >= 4 is 32.3 Å². The number of halogens is 1. The fourth-order valence-electron chi connectivity index (χ4n) is 1.19. The molecule has 0 aliphatic heterocycles. The number of nitrogens with zero attached hydrogens (tertiary/aromatic N) is 1. The highest BCUT2D eigenvalue weighted by atomic mass is 79.9. The summed E-state index contributed by atoms with van der Waals surface area (Å²) in [4.78, 5) is 2.28. The van der Waals surface area contributed by atoms with Crippen molar-refractivity contribution in [2.45, 2.75) is 20.3 Å². The smallest absolute Gasteiger partial charge is 0.0917 e. The molecule has 2 N–H and O–H groups in total. The van der Waals surface area contributed by atoms with Crippen LogP contribution >= 0.6 is 27.3 Å². The van der Waals surface area contributed by atoms with Gasteiger partial charge in [0.2, 0.25) is 0 Å². The van der Waals surface area contributed by atoms with Gasteiger partial charge in [-0.05, 0) is 46.4 Å². The van der Waals surface area contributed by atoms with Crippen molar-refractivity contribution in [3.8, 4) is 0 Å². The van der Waals surface area contributed by atoms with Crippen LogP contribution in [0.15, 0.2) is 15.9 Å². The van der Waals surface area contributed by atoms with Gasteiger partial charge in [0.25, 0.3) is 0 Å². The normalized spacial score (nSPS) is 11.8. The Morgan fingerprint density at radius 1 is 1.47 bits per heavy atom. The molecule has 86 valence electrons. The molecule has 0 aromatic carbocycles. The maximum absolute atomic E-state index is 5.71. The predicted octanol–water partition coefficient (Wildman–Crippen LogP) is 3.32. The summed E-state index contributed by atoms with van der Waals surface area (Å²) in [5, 5.41) is 1.30. The van der Waals surface area contributed by atoms with E-state index >= 15 is 0 Å². The molecule has 0 aliphatic rings. The van der Waals surface area contributed by atoms with E-state index in [2.05, 4.69) is 53.9 Å². The Hall–Kier alpha value is -0.0600. The molecule has 1 rings (SSSR count). The first-order valence-electron chi connectivity index (χ1n) is 5.11. The second-order valence-electron chi connectivity index (χ2n) is 4.62. The van der Waals surface area contributed by atoms with Gasteiger partial charge < -0.3 is 10.6 Å². The standard InChI is InChI=1S/C11H19BrN2S/c1-11(2,8-13)6-7-14(3)10-5-4-9(12)15-10/h4-5H,6-8,13H2,1-3H3. The first-order valence-corrected chi connectivity index (χ1v) is 6.72. The summed E-state index contributed by atoms with van der Waals surface area (Å²) >= 11 is 5.24. The van der Waals surface area contributed by atoms with Gasteiger partial charge in [-0.3, -0.25) is 0 Å². The van der Waals surface area contributed by atoms with Crippen molar-refractivity contribution in [1.29, 1.82) is 0 Å². The van der Waals surface area contributed by atoms with Crippen molar-refractivity contribution in [2.75, 3.05) is 25.0 Å². The maximum atomic E-state index is 5.71. The second kappa shape index (κ2) is 5.32. The highest BCUT2D eigenvalue weighted by molar-refractivity contribution is 9.11. The molecule has 15 heavy (non-hydrogen) atoms. The molecular formula is C11H19BrN2S. The van der Waals surface area contributed by atoms with E-state index < -0.39 is 0 Å². The van der Waals surface area contributed by atoms with Crippen molar-refractivity contribution in [3.05, 3.63) is 15.9 Å². The summed E-state index contributed by atoms with van der Waals surface area (Å²) in [6, 6.07) is 4.23. The molecule has 0 spiro atoms. The van der Waals surface area contributed by atoms with Crippen molar-refractivity contribution in [2.24, 2.45) is 11.1 Å². The number of thiophene rings is 1. The third-order valence-electron chi connectivity index (χ3n) is 2.61. The molecule has 0 radical (unpaired) electrons. The summed E-state index contributed by atoms with van der Waals surface area (Å²) in [5.41, 5.74) is 5.95. The lowest BCUT2D eigenvalue weighted by atomic mass is 9.89. The molecule has 4 heteroatoms. The van der Waals surface area contributed by atoms with E-state index in [9.17, 15) is 0 Å². The lowest BCUT2D eigenvalue weighted by molar-refractivity contribution is 0.351. The largest absolute Gasteiger partial charge is 0.366 e. The van der Waals surface area contributed by atoms with Gasteiger partial charge in [-0.2, -0.15) is 0 Å². The molecule has 0 atom stereocenters. The quantitative estimate of drug-likeness (QED) is 0.901. The van der Waals surface area contributed by atoms with Crippen LogP contribution in [0.2, 0.25) is 0 Å². The molecule has 2 nitrogen and oxygen atoms in total. The van der Waals surface area contributed by atoms with Crippen LogP contribution in [0.25, 0.3) is 0 Å². The predicted molar refractivity (Wildman–Crippen MR) is 72.7 cm³/mol. The Morgan fingerprint density at radius 3 is 2.60 bits per heavy atom. The van der Waals surface area contributed by atoms with Crippen LogP contribution < -0.4 is 10.6 Å². The van der Waals surface area contributed by atoms with E-state index in [1.807, 2.05) is 0 Å². The van der Waals surface area contributed by atoms with E-state index in [4.69, 9.17) is 5.73 Å². The van der Waals surface area contributed by atoms with E-state index in [0.29, 0.717) is 0 Å². The van der Waals surface area contributed by atoms with Crippen LogP contribution in [0.5, 0.6) is 0 Å². The minimum Gasteiger partial charge on any atom is -0.366 e. The Kier molecular flexibility index (Phi) is 4.62. The Bertz CT molecular complexity index is 309. The molecular weight excluding hydrogens is 272 g/mol. The topological polar surface area (TPSA) is 29.3 Å². The molecule has 0 aliphatic carbocycles. The fourth-order valence-corrected chi connectivity index (χ4v) is 2.54. The number of nitrogens with two attached hydrogens (primary N) is 1. The van der Waals surface area contributed by atoms with Crippen LogP contribution in [0.4, 0.5) is 5.00 Å². The highest BCUT2D eigenvalue weighted by Gasteiger charge is 2.16. The second-order valence-corrected chi connectivity index (χ2v) is 7.06. The van der Waals surface area contributed by atoms with Crippen LogP contribution in [0.3, 0.4) is 0 Å². The van der Waals surface area contributed by atoms with Crippen LogP contribution in [-0.4, -0.2) is 20.1 Å². The zero-order valence-electron chi connectivity index (χ0n) is 9.59. The van der Waals surface area contributed by atoms with Gasteiger partial charge in [0.05, 0.1) is 8.79 Å². The SMILES string of the molecule is CN(CCC(C)(C)CN)c1ccc(Br)s1. The lowest BCUT2D eigenvalue weighted by Crippen LogP contribution is -2.29. The average Bonchev–Trinajstić information content (AvgIpc) is 2.61. The molecule has 1 heterocycles. The monoisotopic (exact) mass is 290 g/mol. The maximum Gasteiger partial charge on any atom is 0.0917 e. The number of hydrogen-bond donors (Lipinski definition) is 1. The highest BCUT2D eigenvalue weighted by Crippen LogP contribution is 2.30. The third-order valence-corrected chi connectivity index (χ3v) is 4.35. The Labute approximate surface area is 105 Å². The summed E-state index contributed by atoms with van der Waals surface area (Å²) in [6.45, 7) is 6.22. The van der Waals surface area contributed by atoms with Crippen LogP contribution in [0, 0.1) is 5.41 Å². The summed E-state index contributed by atoms with van der Waals surface area (Å²) in [5.74, 6) is 0. The van der Waals surface area contributed by atoms with Gasteiger partial charge in [0.1, 0.15) is 0 Å². The zero-order chi connectivity index (χ0) is 11.5. The van der Waals surface area contributed by atoms with Crippen molar-refractivity contribution in [1.82, 2.24) is 0 Å². The van der Waals surface area contributed by atoms with Crippen LogP contribution in [0.1, 0.15) is 20.3 Å². The van der Waals surface area contributed by atoms with Gasteiger partial charge in [-0.15, -0.1) is 11.3 Å². The van der Waals surface area contributed by atoms with Gasteiger partial charge in [-0.25, -0.2) is 0 Å².